The molecule has 0 bridgehead atoms. The van der Waals surface area contributed by atoms with Gasteiger partial charge in [0.25, 0.3) is 0 Å². The standard InChI is InChI=1S/C9H13N3O/c13-9-8(4-1-2-5-10-9)12-7-3-6-11-12/h3,6-8H,1-2,4-5H2,(H,10,13). The molecule has 1 fully saturated rings. The fraction of sp³-hybridized carbons (Fsp3) is 0.556. The van der Waals surface area contributed by atoms with Gasteiger partial charge < -0.3 is 5.32 Å². The number of carbonyl (C=O) groups is 1. The Hall–Kier alpha value is -1.32. The van der Waals surface area contributed by atoms with Crippen molar-refractivity contribution in [3.8, 4) is 0 Å². The Morgan fingerprint density at radius 2 is 2.46 bits per heavy atom. The van der Waals surface area contributed by atoms with Crippen molar-refractivity contribution in [2.24, 2.45) is 0 Å². The fourth-order valence-corrected chi connectivity index (χ4v) is 1.64. The van der Waals surface area contributed by atoms with Crippen LogP contribution in [0.3, 0.4) is 0 Å². The smallest absolute Gasteiger partial charge is 0.244 e. The molecule has 1 aliphatic rings. The van der Waals surface area contributed by atoms with Crippen LogP contribution in [0.4, 0.5) is 0 Å². The highest BCUT2D eigenvalue weighted by atomic mass is 16.2. The number of amides is 1. The van der Waals surface area contributed by atoms with E-state index in [4.69, 9.17) is 0 Å². The van der Waals surface area contributed by atoms with Crippen LogP contribution in [0.2, 0.25) is 0 Å². The molecule has 1 aliphatic heterocycles. The number of rotatable bonds is 1. The second-order valence-electron chi connectivity index (χ2n) is 3.29. The number of hydrogen-bond acceptors (Lipinski definition) is 2. The van der Waals surface area contributed by atoms with Gasteiger partial charge in [0.2, 0.25) is 5.91 Å². The van der Waals surface area contributed by atoms with Crippen LogP contribution in [-0.4, -0.2) is 22.2 Å². The van der Waals surface area contributed by atoms with Gasteiger partial charge in [-0.15, -0.1) is 0 Å². The van der Waals surface area contributed by atoms with E-state index in [9.17, 15) is 4.79 Å². The minimum atomic E-state index is -0.0995. The second kappa shape index (κ2) is 3.60. The second-order valence-corrected chi connectivity index (χ2v) is 3.29. The Kier molecular flexibility index (Phi) is 2.29. The molecule has 0 aromatic carbocycles. The Labute approximate surface area is 76.9 Å². The normalized spacial score (nSPS) is 23.7. The Morgan fingerprint density at radius 3 is 3.23 bits per heavy atom. The third kappa shape index (κ3) is 1.71. The van der Waals surface area contributed by atoms with Crippen molar-refractivity contribution in [2.75, 3.05) is 6.54 Å². The summed E-state index contributed by atoms with van der Waals surface area (Å²) in [4.78, 5) is 11.5. The molecule has 2 rings (SSSR count). The summed E-state index contributed by atoms with van der Waals surface area (Å²) in [5, 5.41) is 6.97. The lowest BCUT2D eigenvalue weighted by atomic mass is 10.1. The van der Waals surface area contributed by atoms with Gasteiger partial charge in [0.15, 0.2) is 0 Å². The third-order valence-corrected chi connectivity index (χ3v) is 2.35. The van der Waals surface area contributed by atoms with Crippen molar-refractivity contribution < 1.29 is 4.79 Å². The average molecular weight is 179 g/mol. The molecule has 0 aliphatic carbocycles. The van der Waals surface area contributed by atoms with E-state index in [-0.39, 0.29) is 11.9 Å². The van der Waals surface area contributed by atoms with Crippen LogP contribution in [-0.2, 0) is 4.79 Å². The van der Waals surface area contributed by atoms with Gasteiger partial charge in [-0.1, -0.05) is 0 Å². The number of aromatic nitrogens is 2. The lowest BCUT2D eigenvalue weighted by Gasteiger charge is -2.12. The molecule has 1 atom stereocenters. The van der Waals surface area contributed by atoms with Crippen molar-refractivity contribution >= 4 is 5.91 Å². The van der Waals surface area contributed by atoms with Crippen molar-refractivity contribution in [1.29, 1.82) is 0 Å². The number of nitrogens with zero attached hydrogens (tertiary/aromatic N) is 2. The molecular formula is C9H13N3O. The molecule has 1 aromatic heterocycles. The third-order valence-electron chi connectivity index (χ3n) is 2.35. The summed E-state index contributed by atoms with van der Waals surface area (Å²) in [6.07, 6.45) is 6.61. The molecule has 0 saturated carbocycles. The van der Waals surface area contributed by atoms with Crippen LogP contribution >= 0.6 is 0 Å². The first-order chi connectivity index (χ1) is 6.38. The van der Waals surface area contributed by atoms with Crippen LogP contribution in [0.15, 0.2) is 18.5 Å². The Bertz CT molecular complexity index is 281. The van der Waals surface area contributed by atoms with E-state index in [1.165, 1.54) is 0 Å². The highest BCUT2D eigenvalue weighted by Crippen LogP contribution is 2.16. The van der Waals surface area contributed by atoms with Crippen LogP contribution in [0.25, 0.3) is 0 Å². The summed E-state index contributed by atoms with van der Waals surface area (Å²) in [5.74, 6) is 0.0983. The predicted molar refractivity (Wildman–Crippen MR) is 48.1 cm³/mol. The van der Waals surface area contributed by atoms with E-state index in [2.05, 4.69) is 10.4 Å². The van der Waals surface area contributed by atoms with Crippen LogP contribution < -0.4 is 5.32 Å². The molecular weight excluding hydrogens is 166 g/mol. The van der Waals surface area contributed by atoms with Crippen LogP contribution in [0, 0.1) is 0 Å². The quantitative estimate of drug-likeness (QED) is 0.690. The van der Waals surface area contributed by atoms with Gasteiger partial charge >= 0.3 is 0 Å². The van der Waals surface area contributed by atoms with Gasteiger partial charge in [-0.25, -0.2) is 0 Å². The van der Waals surface area contributed by atoms with E-state index in [0.717, 1.165) is 25.8 Å². The predicted octanol–water partition coefficient (Wildman–Crippen LogP) is 0.724. The zero-order valence-corrected chi connectivity index (χ0v) is 7.44. The largest absolute Gasteiger partial charge is 0.354 e. The monoisotopic (exact) mass is 179 g/mol. The van der Waals surface area contributed by atoms with Gasteiger partial charge in [0, 0.05) is 18.9 Å². The van der Waals surface area contributed by atoms with Crippen molar-refractivity contribution in [3.05, 3.63) is 18.5 Å². The molecule has 1 saturated heterocycles. The number of hydrogen-bond donors (Lipinski definition) is 1. The summed E-state index contributed by atoms with van der Waals surface area (Å²) < 4.78 is 1.74. The summed E-state index contributed by atoms with van der Waals surface area (Å²) in [6, 6.07) is 1.75. The maximum absolute atomic E-state index is 11.5. The molecule has 1 unspecified atom stereocenters. The molecule has 70 valence electrons. The summed E-state index contributed by atoms with van der Waals surface area (Å²) in [5.41, 5.74) is 0. The summed E-state index contributed by atoms with van der Waals surface area (Å²) in [7, 11) is 0. The van der Waals surface area contributed by atoms with Gasteiger partial charge in [0.05, 0.1) is 0 Å². The lowest BCUT2D eigenvalue weighted by Crippen LogP contribution is -2.31. The van der Waals surface area contributed by atoms with E-state index < -0.39 is 0 Å². The van der Waals surface area contributed by atoms with E-state index in [1.54, 1.807) is 10.9 Å². The Morgan fingerprint density at radius 1 is 1.54 bits per heavy atom. The van der Waals surface area contributed by atoms with Gasteiger partial charge in [-0.05, 0) is 25.3 Å². The van der Waals surface area contributed by atoms with Gasteiger partial charge in [-0.2, -0.15) is 5.10 Å². The summed E-state index contributed by atoms with van der Waals surface area (Å²) >= 11 is 0. The topological polar surface area (TPSA) is 46.9 Å². The van der Waals surface area contributed by atoms with E-state index >= 15 is 0 Å². The van der Waals surface area contributed by atoms with Crippen molar-refractivity contribution in [2.45, 2.75) is 25.3 Å². The minimum Gasteiger partial charge on any atom is -0.354 e. The zero-order chi connectivity index (χ0) is 9.10. The molecule has 1 amide bonds. The lowest BCUT2D eigenvalue weighted by molar-refractivity contribution is -0.124. The molecule has 1 N–H and O–H groups in total. The molecule has 4 heteroatoms. The highest BCUT2D eigenvalue weighted by Gasteiger charge is 2.21. The van der Waals surface area contributed by atoms with Gasteiger partial charge in [-0.3, -0.25) is 9.48 Å². The maximum Gasteiger partial charge on any atom is 0.244 e. The molecule has 1 aromatic rings. The van der Waals surface area contributed by atoms with E-state index in [0.29, 0.717) is 0 Å². The molecule has 0 radical (unpaired) electrons. The number of nitrogens with one attached hydrogen (secondary N) is 1. The average Bonchev–Trinajstić information content (AvgIpc) is 2.56. The summed E-state index contributed by atoms with van der Waals surface area (Å²) in [6.45, 7) is 0.802. The van der Waals surface area contributed by atoms with E-state index in [1.807, 2.05) is 12.3 Å². The van der Waals surface area contributed by atoms with Crippen molar-refractivity contribution in [1.82, 2.24) is 15.1 Å². The minimum absolute atomic E-state index is 0.0983. The van der Waals surface area contributed by atoms with Gasteiger partial charge in [0.1, 0.15) is 6.04 Å². The molecule has 13 heavy (non-hydrogen) atoms. The maximum atomic E-state index is 11.5. The zero-order valence-electron chi connectivity index (χ0n) is 7.44. The van der Waals surface area contributed by atoms with Crippen LogP contribution in [0.5, 0.6) is 0 Å². The SMILES string of the molecule is O=C1NCCCCC1n1cccn1. The Balaban J connectivity index is 2.16. The fourth-order valence-electron chi connectivity index (χ4n) is 1.64. The molecule has 2 heterocycles. The first-order valence-corrected chi connectivity index (χ1v) is 4.65. The highest BCUT2D eigenvalue weighted by molar-refractivity contribution is 5.80. The van der Waals surface area contributed by atoms with Crippen LogP contribution in [0.1, 0.15) is 25.3 Å². The first kappa shape index (κ1) is 8.29. The molecule has 0 spiro atoms. The molecule has 4 nitrogen and oxygen atoms in total. The van der Waals surface area contributed by atoms with Crippen molar-refractivity contribution in [3.63, 3.8) is 0 Å². The number of carbonyl (C=O) groups excluding carboxylic acids is 1. The first-order valence-electron chi connectivity index (χ1n) is 4.65.